The number of aromatic nitrogens is 3. The number of carbonyl (C=O) groups excluding carboxylic acids is 1. The zero-order chi connectivity index (χ0) is 17.8. The number of carbonyl (C=O) groups is 1. The minimum Gasteiger partial charge on any atom is -0.354 e. The van der Waals surface area contributed by atoms with Crippen molar-refractivity contribution in [1.29, 1.82) is 0 Å². The number of rotatable bonds is 6. The summed E-state index contributed by atoms with van der Waals surface area (Å²) in [4.78, 5) is 24.8. The molecule has 0 atom stereocenters. The second-order valence-corrected chi connectivity index (χ2v) is 6.71. The molecule has 2 aromatic heterocycles. The van der Waals surface area contributed by atoms with Gasteiger partial charge in [-0.2, -0.15) is 0 Å². The molecule has 25 heavy (non-hydrogen) atoms. The Labute approximate surface area is 148 Å². The maximum Gasteiger partial charge on any atom is 0.226 e. The molecule has 0 bridgehead atoms. The number of fused-ring (bicyclic) bond motifs is 1. The molecule has 8 heteroatoms. The molecule has 0 aliphatic carbocycles. The molecule has 6 nitrogen and oxygen atoms in total. The molecule has 3 aromatic rings. The highest BCUT2D eigenvalue weighted by Gasteiger charge is 2.08. The molecule has 130 valence electrons. The van der Waals surface area contributed by atoms with E-state index < -0.39 is 0 Å². The van der Waals surface area contributed by atoms with Crippen molar-refractivity contribution < 1.29 is 9.18 Å². The zero-order valence-corrected chi connectivity index (χ0v) is 14.8. The second-order valence-electron chi connectivity index (χ2n) is 5.68. The summed E-state index contributed by atoms with van der Waals surface area (Å²) in [6.45, 7) is 4.43. The van der Waals surface area contributed by atoms with Crippen molar-refractivity contribution in [3.05, 3.63) is 41.5 Å². The van der Waals surface area contributed by atoms with Gasteiger partial charge in [0, 0.05) is 24.4 Å². The first kappa shape index (κ1) is 17.2. The monoisotopic (exact) mass is 359 g/mol. The van der Waals surface area contributed by atoms with Gasteiger partial charge in [-0.15, -0.1) is 0 Å². The summed E-state index contributed by atoms with van der Waals surface area (Å²) in [6.07, 6.45) is 0.990. The van der Waals surface area contributed by atoms with Crippen LogP contribution in [-0.2, 0) is 4.79 Å². The van der Waals surface area contributed by atoms with Gasteiger partial charge in [0.2, 0.25) is 11.9 Å². The van der Waals surface area contributed by atoms with Crippen molar-refractivity contribution in [2.24, 2.45) is 0 Å². The van der Waals surface area contributed by atoms with E-state index in [-0.39, 0.29) is 11.7 Å². The van der Waals surface area contributed by atoms with Gasteiger partial charge in [0.15, 0.2) is 5.13 Å². The number of hydrogen-bond donors (Lipinski definition) is 2. The number of hydrogen-bond acceptors (Lipinski definition) is 6. The van der Waals surface area contributed by atoms with Gasteiger partial charge in [-0.1, -0.05) is 11.3 Å². The van der Waals surface area contributed by atoms with Crippen LogP contribution in [0.15, 0.2) is 24.3 Å². The molecule has 0 spiro atoms. The number of amides is 1. The average molecular weight is 359 g/mol. The summed E-state index contributed by atoms with van der Waals surface area (Å²) in [7, 11) is 0. The summed E-state index contributed by atoms with van der Waals surface area (Å²) >= 11 is 1.26. The van der Waals surface area contributed by atoms with Crippen molar-refractivity contribution in [3.8, 4) is 0 Å². The van der Waals surface area contributed by atoms with Crippen molar-refractivity contribution in [2.75, 3.05) is 17.2 Å². The Morgan fingerprint density at radius 1 is 1.16 bits per heavy atom. The Bertz CT molecular complexity index is 891. The lowest BCUT2D eigenvalue weighted by Gasteiger charge is -2.06. The summed E-state index contributed by atoms with van der Waals surface area (Å²) < 4.78 is 13.9. The molecular formula is C17H18FN5OS. The van der Waals surface area contributed by atoms with Crippen molar-refractivity contribution >= 4 is 38.5 Å². The molecule has 2 heterocycles. The summed E-state index contributed by atoms with van der Waals surface area (Å²) in [5.74, 6) is 0.141. The number of nitrogens with one attached hydrogen (secondary N) is 2. The van der Waals surface area contributed by atoms with E-state index in [2.05, 4.69) is 25.6 Å². The number of halogens is 1. The van der Waals surface area contributed by atoms with E-state index in [1.165, 1.54) is 23.5 Å². The molecular weight excluding hydrogens is 341 g/mol. The van der Waals surface area contributed by atoms with Crippen molar-refractivity contribution in [2.45, 2.75) is 26.7 Å². The van der Waals surface area contributed by atoms with Crippen LogP contribution >= 0.6 is 11.3 Å². The van der Waals surface area contributed by atoms with E-state index in [0.29, 0.717) is 40.7 Å². The van der Waals surface area contributed by atoms with Crippen LogP contribution in [0.3, 0.4) is 0 Å². The number of anilines is 2. The largest absolute Gasteiger partial charge is 0.354 e. The predicted octanol–water partition coefficient (Wildman–Crippen LogP) is 3.67. The van der Waals surface area contributed by atoms with Gasteiger partial charge < -0.3 is 10.6 Å². The third-order valence-corrected chi connectivity index (χ3v) is 4.38. The highest BCUT2D eigenvalue weighted by molar-refractivity contribution is 7.22. The van der Waals surface area contributed by atoms with Crippen molar-refractivity contribution in [1.82, 2.24) is 15.0 Å². The highest BCUT2D eigenvalue weighted by atomic mass is 32.1. The van der Waals surface area contributed by atoms with Gasteiger partial charge >= 0.3 is 0 Å². The highest BCUT2D eigenvalue weighted by Crippen LogP contribution is 2.26. The van der Waals surface area contributed by atoms with E-state index in [9.17, 15) is 9.18 Å². The van der Waals surface area contributed by atoms with Crippen LogP contribution in [0, 0.1) is 19.7 Å². The molecule has 0 saturated carbocycles. The number of aryl methyl sites for hydroxylation is 2. The van der Waals surface area contributed by atoms with Gasteiger partial charge in [-0.3, -0.25) is 4.79 Å². The van der Waals surface area contributed by atoms with Crippen LogP contribution in [0.5, 0.6) is 0 Å². The van der Waals surface area contributed by atoms with Gasteiger partial charge in [-0.05, 0) is 44.5 Å². The van der Waals surface area contributed by atoms with E-state index in [4.69, 9.17) is 0 Å². The molecule has 0 saturated heterocycles. The van der Waals surface area contributed by atoms with E-state index >= 15 is 0 Å². The summed E-state index contributed by atoms with van der Waals surface area (Å²) in [5, 5.41) is 6.35. The van der Waals surface area contributed by atoms with E-state index in [1.54, 1.807) is 6.07 Å². The van der Waals surface area contributed by atoms with Crippen LogP contribution < -0.4 is 10.6 Å². The van der Waals surface area contributed by atoms with E-state index in [0.717, 1.165) is 11.4 Å². The van der Waals surface area contributed by atoms with Gasteiger partial charge in [0.1, 0.15) is 5.82 Å². The molecule has 2 N–H and O–H groups in total. The fourth-order valence-corrected chi connectivity index (χ4v) is 3.29. The molecule has 1 aromatic carbocycles. The lowest BCUT2D eigenvalue weighted by atomic mass is 10.3. The van der Waals surface area contributed by atoms with Crippen LogP contribution in [0.25, 0.3) is 10.2 Å². The molecule has 0 fully saturated rings. The SMILES string of the molecule is Cc1cc(C)nc(NCCCC(=O)Nc2nc3ccc(F)cc3s2)n1. The molecule has 3 rings (SSSR count). The molecule has 0 aliphatic heterocycles. The zero-order valence-electron chi connectivity index (χ0n) is 14.0. The maximum atomic E-state index is 13.2. The summed E-state index contributed by atoms with van der Waals surface area (Å²) in [5.41, 5.74) is 2.48. The third kappa shape index (κ3) is 4.69. The minimum atomic E-state index is -0.311. The lowest BCUT2D eigenvalue weighted by Crippen LogP contribution is -2.14. The van der Waals surface area contributed by atoms with Gasteiger partial charge in [0.05, 0.1) is 10.2 Å². The minimum absolute atomic E-state index is 0.123. The average Bonchev–Trinajstić information content (AvgIpc) is 2.92. The van der Waals surface area contributed by atoms with Crippen LogP contribution in [-0.4, -0.2) is 27.4 Å². The van der Waals surface area contributed by atoms with Crippen molar-refractivity contribution in [3.63, 3.8) is 0 Å². The predicted molar refractivity (Wildman–Crippen MR) is 97.4 cm³/mol. The molecule has 1 amide bonds. The van der Waals surface area contributed by atoms with Gasteiger partial charge in [-0.25, -0.2) is 19.3 Å². The standard InChI is InChI=1S/C17H18FN5OS/c1-10-8-11(2)21-16(20-10)19-7-3-4-15(24)23-17-22-13-6-5-12(18)9-14(13)25-17/h5-6,8-9H,3-4,7H2,1-2H3,(H,19,20,21)(H,22,23,24). The Balaban J connectivity index is 1.47. The fourth-order valence-electron chi connectivity index (χ4n) is 2.39. The topological polar surface area (TPSA) is 79.8 Å². The van der Waals surface area contributed by atoms with E-state index in [1.807, 2.05) is 19.9 Å². The number of benzene rings is 1. The normalized spacial score (nSPS) is 10.8. The Hall–Kier alpha value is -2.61. The van der Waals surface area contributed by atoms with Crippen LogP contribution in [0.2, 0.25) is 0 Å². The number of thiazole rings is 1. The Morgan fingerprint density at radius 3 is 2.68 bits per heavy atom. The Kier molecular flexibility index (Phi) is 5.18. The smallest absolute Gasteiger partial charge is 0.226 e. The first-order valence-corrected chi connectivity index (χ1v) is 8.73. The Morgan fingerprint density at radius 2 is 1.92 bits per heavy atom. The molecule has 0 radical (unpaired) electrons. The maximum absolute atomic E-state index is 13.2. The quantitative estimate of drug-likeness (QED) is 0.657. The first-order valence-electron chi connectivity index (χ1n) is 7.92. The summed E-state index contributed by atoms with van der Waals surface area (Å²) in [6, 6.07) is 6.28. The molecule has 0 aliphatic rings. The fraction of sp³-hybridized carbons (Fsp3) is 0.294. The van der Waals surface area contributed by atoms with Crippen LogP contribution in [0.1, 0.15) is 24.2 Å². The lowest BCUT2D eigenvalue weighted by molar-refractivity contribution is -0.116. The third-order valence-electron chi connectivity index (χ3n) is 3.44. The van der Waals surface area contributed by atoms with Gasteiger partial charge in [0.25, 0.3) is 0 Å². The molecule has 0 unspecified atom stereocenters. The first-order chi connectivity index (χ1) is 12.0. The van der Waals surface area contributed by atoms with Crippen LogP contribution in [0.4, 0.5) is 15.5 Å². The second kappa shape index (κ2) is 7.52. The number of nitrogens with zero attached hydrogens (tertiary/aromatic N) is 3.